The van der Waals surface area contributed by atoms with E-state index >= 15 is 0 Å². The second kappa shape index (κ2) is 12.6. The van der Waals surface area contributed by atoms with Crippen molar-refractivity contribution in [1.82, 2.24) is 24.8 Å². The van der Waals surface area contributed by atoms with Crippen molar-refractivity contribution in [3.63, 3.8) is 0 Å². The lowest BCUT2D eigenvalue weighted by Gasteiger charge is -2.45. The van der Waals surface area contributed by atoms with Crippen molar-refractivity contribution in [2.75, 3.05) is 33.4 Å². The molecular weight excluding hydrogens is 562 g/mol. The van der Waals surface area contributed by atoms with Gasteiger partial charge in [-0.3, -0.25) is 19.1 Å². The lowest BCUT2D eigenvalue weighted by Crippen LogP contribution is -2.52. The molecule has 2 fully saturated rings. The minimum Gasteiger partial charge on any atom is -0.487 e. The first kappa shape index (κ1) is 30.3. The van der Waals surface area contributed by atoms with Crippen LogP contribution in [0, 0.1) is 11.3 Å². The van der Waals surface area contributed by atoms with Gasteiger partial charge in [-0.15, -0.1) is 5.10 Å². The standard InChI is InChI=1S/C30H40ClN5O6/c1-30(29(39)40)13-5-4-7-20(30)28(38)36-15-11-19-21(31)9-10-25(27(19)24(36)17-35-14-6-8-26(35)37)42-18-22-23(12-16-41-3)34(2)33-32-22/h9-10,20,24H,4-8,11-18H2,1-3H3,(H,39,40)/t20-,24?,30-/m0/s1. The van der Waals surface area contributed by atoms with E-state index in [1.54, 1.807) is 40.6 Å². The summed E-state index contributed by atoms with van der Waals surface area (Å²) in [5.41, 5.74) is 2.12. The maximum Gasteiger partial charge on any atom is 0.310 e. The lowest BCUT2D eigenvalue weighted by atomic mass is 9.66. The second-order valence-electron chi connectivity index (χ2n) is 11.8. The van der Waals surface area contributed by atoms with Crippen molar-refractivity contribution in [3.8, 4) is 5.75 Å². The van der Waals surface area contributed by atoms with Gasteiger partial charge in [0.05, 0.1) is 29.7 Å². The topological polar surface area (TPSA) is 127 Å². The molecule has 1 unspecified atom stereocenters. The summed E-state index contributed by atoms with van der Waals surface area (Å²) in [6.45, 7) is 3.67. The Labute approximate surface area is 251 Å². The molecule has 0 spiro atoms. The van der Waals surface area contributed by atoms with Crippen molar-refractivity contribution in [2.45, 2.75) is 70.9 Å². The number of aryl methyl sites for hydroxylation is 1. The molecule has 3 aliphatic rings. The number of likely N-dealkylation sites (tertiary alicyclic amines) is 1. The molecule has 2 amide bonds. The van der Waals surface area contributed by atoms with E-state index in [-0.39, 0.29) is 18.4 Å². The van der Waals surface area contributed by atoms with Crippen molar-refractivity contribution in [3.05, 3.63) is 39.7 Å². The molecule has 1 aliphatic carbocycles. The molecular formula is C30H40ClN5O6. The summed E-state index contributed by atoms with van der Waals surface area (Å²) in [5.74, 6) is -1.15. The number of hydrogen-bond acceptors (Lipinski definition) is 7. The van der Waals surface area contributed by atoms with Crippen molar-refractivity contribution in [2.24, 2.45) is 18.4 Å². The number of ether oxygens (including phenoxy) is 2. The monoisotopic (exact) mass is 601 g/mol. The van der Waals surface area contributed by atoms with Gasteiger partial charge in [0.1, 0.15) is 18.1 Å². The Kier molecular flexibility index (Phi) is 9.08. The van der Waals surface area contributed by atoms with E-state index < -0.39 is 23.3 Å². The van der Waals surface area contributed by atoms with Gasteiger partial charge in [0, 0.05) is 57.2 Å². The van der Waals surface area contributed by atoms with E-state index in [4.69, 9.17) is 21.1 Å². The van der Waals surface area contributed by atoms with Gasteiger partial charge in [0.2, 0.25) is 11.8 Å². The van der Waals surface area contributed by atoms with Gasteiger partial charge in [-0.05, 0) is 50.3 Å². The fraction of sp³-hybridized carbons (Fsp3) is 0.633. The molecule has 12 heteroatoms. The number of carboxylic acid groups (broad SMARTS) is 1. The van der Waals surface area contributed by atoms with Crippen LogP contribution in [0.2, 0.25) is 5.02 Å². The highest BCUT2D eigenvalue weighted by atomic mass is 35.5. The Morgan fingerprint density at radius 1 is 1.19 bits per heavy atom. The van der Waals surface area contributed by atoms with Crippen LogP contribution in [0.15, 0.2) is 12.1 Å². The van der Waals surface area contributed by atoms with Crippen LogP contribution in [-0.4, -0.2) is 81.0 Å². The Balaban J connectivity index is 1.51. The van der Waals surface area contributed by atoms with Gasteiger partial charge in [-0.1, -0.05) is 29.7 Å². The van der Waals surface area contributed by atoms with Gasteiger partial charge < -0.3 is 24.4 Å². The molecule has 0 bridgehead atoms. The summed E-state index contributed by atoms with van der Waals surface area (Å²) in [7, 11) is 3.47. The normalized spacial score (nSPS) is 24.1. The Hall–Kier alpha value is -3.18. The smallest absolute Gasteiger partial charge is 0.310 e. The zero-order valence-corrected chi connectivity index (χ0v) is 25.4. The molecule has 228 valence electrons. The number of aliphatic carboxylic acids is 1. The fourth-order valence-corrected chi connectivity index (χ4v) is 7.09. The summed E-state index contributed by atoms with van der Waals surface area (Å²) in [6.07, 6.45) is 4.95. The largest absolute Gasteiger partial charge is 0.487 e. The quantitative estimate of drug-likeness (QED) is 0.438. The minimum atomic E-state index is -1.14. The van der Waals surface area contributed by atoms with Crippen LogP contribution in [0.4, 0.5) is 0 Å². The number of carbonyl (C=O) groups is 3. The minimum absolute atomic E-state index is 0.0504. The molecule has 1 aromatic carbocycles. The fourth-order valence-electron chi connectivity index (χ4n) is 6.83. The zero-order valence-electron chi connectivity index (χ0n) is 24.6. The predicted molar refractivity (Wildman–Crippen MR) is 154 cm³/mol. The molecule has 11 nitrogen and oxygen atoms in total. The van der Waals surface area contributed by atoms with E-state index in [1.165, 1.54) is 0 Å². The zero-order chi connectivity index (χ0) is 30.0. The molecule has 5 rings (SSSR count). The number of nitrogens with zero attached hydrogens (tertiary/aromatic N) is 5. The summed E-state index contributed by atoms with van der Waals surface area (Å²) < 4.78 is 13.4. The molecule has 3 heterocycles. The van der Waals surface area contributed by atoms with Crippen LogP contribution in [-0.2, 0) is 45.6 Å². The SMILES string of the molecule is COCCc1c(COc2ccc(Cl)c3c2C(CN2CCCC2=O)N(C(=O)[C@@H]2CCCC[C@]2(C)C(=O)O)CC3)nnn1C. The maximum absolute atomic E-state index is 14.3. The van der Waals surface area contributed by atoms with E-state index in [0.717, 1.165) is 36.1 Å². The van der Waals surface area contributed by atoms with Gasteiger partial charge in [-0.25, -0.2) is 0 Å². The first-order valence-corrected chi connectivity index (χ1v) is 15.2. The molecule has 1 saturated heterocycles. The maximum atomic E-state index is 14.3. The van der Waals surface area contributed by atoms with E-state index in [9.17, 15) is 19.5 Å². The van der Waals surface area contributed by atoms with Gasteiger partial charge in [0.15, 0.2) is 0 Å². The molecule has 1 aromatic heterocycles. The molecule has 3 atom stereocenters. The molecule has 2 aromatic rings. The highest BCUT2D eigenvalue weighted by Crippen LogP contribution is 2.46. The third-order valence-corrected chi connectivity index (χ3v) is 9.70. The number of methoxy groups -OCH3 is 1. The number of benzene rings is 1. The number of halogens is 1. The average molecular weight is 602 g/mol. The Bertz CT molecular complexity index is 1350. The third-order valence-electron chi connectivity index (χ3n) is 9.35. The number of carboxylic acids is 1. The van der Waals surface area contributed by atoms with Gasteiger partial charge in [0.25, 0.3) is 0 Å². The highest BCUT2D eigenvalue weighted by Gasteiger charge is 2.50. The second-order valence-corrected chi connectivity index (χ2v) is 12.2. The van der Waals surface area contributed by atoms with Crippen LogP contribution < -0.4 is 4.74 Å². The Morgan fingerprint density at radius 2 is 2.00 bits per heavy atom. The Morgan fingerprint density at radius 3 is 2.71 bits per heavy atom. The van der Waals surface area contributed by atoms with Crippen molar-refractivity contribution >= 4 is 29.4 Å². The highest BCUT2D eigenvalue weighted by molar-refractivity contribution is 6.31. The van der Waals surface area contributed by atoms with Crippen LogP contribution in [0.3, 0.4) is 0 Å². The average Bonchev–Trinajstić information content (AvgIpc) is 3.55. The molecule has 1 N–H and O–H groups in total. The molecule has 2 aliphatic heterocycles. The van der Waals surface area contributed by atoms with E-state index in [1.807, 2.05) is 7.05 Å². The summed E-state index contributed by atoms with van der Waals surface area (Å²) in [4.78, 5) is 43.1. The van der Waals surface area contributed by atoms with Crippen LogP contribution >= 0.6 is 11.6 Å². The molecule has 0 radical (unpaired) electrons. The number of carbonyl (C=O) groups excluding carboxylic acids is 2. The molecule has 1 saturated carbocycles. The van der Waals surface area contributed by atoms with Crippen LogP contribution in [0.1, 0.15) is 74.0 Å². The first-order chi connectivity index (χ1) is 20.2. The number of aromatic nitrogens is 3. The van der Waals surface area contributed by atoms with E-state index in [2.05, 4.69) is 10.3 Å². The van der Waals surface area contributed by atoms with E-state index in [0.29, 0.717) is 74.8 Å². The number of fused-ring (bicyclic) bond motifs is 1. The van der Waals surface area contributed by atoms with Gasteiger partial charge >= 0.3 is 5.97 Å². The number of rotatable bonds is 10. The van der Waals surface area contributed by atoms with Crippen LogP contribution in [0.5, 0.6) is 5.75 Å². The third kappa shape index (κ3) is 5.73. The lowest BCUT2D eigenvalue weighted by molar-refractivity contribution is -0.162. The molecule has 42 heavy (non-hydrogen) atoms. The van der Waals surface area contributed by atoms with Crippen molar-refractivity contribution < 1.29 is 29.0 Å². The predicted octanol–water partition coefficient (Wildman–Crippen LogP) is 3.57. The van der Waals surface area contributed by atoms with Gasteiger partial charge in [-0.2, -0.15) is 0 Å². The van der Waals surface area contributed by atoms with Crippen molar-refractivity contribution in [1.29, 1.82) is 0 Å². The summed E-state index contributed by atoms with van der Waals surface area (Å²) in [5, 5.41) is 19.2. The first-order valence-electron chi connectivity index (χ1n) is 14.8. The number of hydrogen-bond donors (Lipinski definition) is 1. The van der Waals surface area contributed by atoms with Crippen LogP contribution in [0.25, 0.3) is 0 Å². The summed E-state index contributed by atoms with van der Waals surface area (Å²) in [6, 6.07) is 3.09. The summed E-state index contributed by atoms with van der Waals surface area (Å²) >= 11 is 6.73. The number of amides is 2.